The average Bonchev–Trinajstić information content (AvgIpc) is 3.71. The first kappa shape index (κ1) is 26.3. The first-order valence-electron chi connectivity index (χ1n) is 15.9. The van der Waals surface area contributed by atoms with Crippen LogP contribution in [0.5, 0.6) is 0 Å². The van der Waals surface area contributed by atoms with E-state index in [2.05, 4.69) is 169 Å². The number of para-hydroxylation sites is 1. The molecule has 0 spiro atoms. The molecule has 0 radical (unpaired) electrons. The summed E-state index contributed by atoms with van der Waals surface area (Å²) in [6, 6.07) is 58.9. The predicted molar refractivity (Wildman–Crippen MR) is 202 cm³/mol. The van der Waals surface area contributed by atoms with E-state index in [1.54, 1.807) is 0 Å². The van der Waals surface area contributed by atoms with Gasteiger partial charge in [-0.3, -0.25) is 0 Å². The lowest BCUT2D eigenvalue weighted by molar-refractivity contribution is 0.673. The lowest BCUT2D eigenvalue weighted by Crippen LogP contribution is -2.10. The largest absolute Gasteiger partial charge is 0.455 e. The third-order valence-electron chi connectivity index (χ3n) is 9.45. The molecular weight excluding hydrogens is 591 g/mol. The molecule has 0 unspecified atom stereocenters. The molecule has 0 atom stereocenters. The summed E-state index contributed by atoms with van der Waals surface area (Å²) in [4.78, 5) is 2.40. The molecule has 2 heterocycles. The van der Waals surface area contributed by atoms with Gasteiger partial charge in [0, 0.05) is 47.7 Å². The minimum absolute atomic E-state index is 0.920. The molecule has 10 aromatic rings. The van der Waals surface area contributed by atoms with Crippen molar-refractivity contribution in [2.75, 3.05) is 4.90 Å². The zero-order chi connectivity index (χ0) is 30.9. The van der Waals surface area contributed by atoms with Gasteiger partial charge in [-0.2, -0.15) is 0 Å². The van der Waals surface area contributed by atoms with Gasteiger partial charge >= 0.3 is 0 Å². The van der Waals surface area contributed by atoms with Crippen molar-refractivity contribution in [3.05, 3.63) is 164 Å². The number of nitrogens with zero attached hydrogens (tertiary/aromatic N) is 1. The Morgan fingerprint density at radius 3 is 1.96 bits per heavy atom. The zero-order valence-corrected chi connectivity index (χ0v) is 26.2. The molecule has 0 aliphatic rings. The molecule has 2 nitrogen and oxygen atoms in total. The van der Waals surface area contributed by atoms with Crippen molar-refractivity contribution in [1.29, 1.82) is 0 Å². The number of benzene rings is 8. The van der Waals surface area contributed by atoms with Crippen LogP contribution in [-0.4, -0.2) is 0 Å². The summed E-state index contributed by atoms with van der Waals surface area (Å²) in [5.41, 5.74) is 7.70. The van der Waals surface area contributed by atoms with Crippen LogP contribution in [0.25, 0.3) is 74.8 Å². The zero-order valence-electron chi connectivity index (χ0n) is 25.4. The van der Waals surface area contributed by atoms with Crippen LogP contribution in [0.15, 0.2) is 168 Å². The van der Waals surface area contributed by atoms with Crippen molar-refractivity contribution in [1.82, 2.24) is 0 Å². The van der Waals surface area contributed by atoms with Crippen LogP contribution in [0, 0.1) is 0 Å². The van der Waals surface area contributed by atoms with E-state index in [1.807, 2.05) is 11.3 Å². The third-order valence-corrected chi connectivity index (χ3v) is 10.6. The monoisotopic (exact) mass is 617 g/mol. The molecule has 0 aliphatic carbocycles. The van der Waals surface area contributed by atoms with Crippen LogP contribution in [0.4, 0.5) is 17.1 Å². The van der Waals surface area contributed by atoms with Crippen LogP contribution in [-0.2, 0) is 0 Å². The third kappa shape index (κ3) is 4.04. The van der Waals surface area contributed by atoms with Gasteiger partial charge in [-0.15, -0.1) is 11.3 Å². The predicted octanol–water partition coefficient (Wildman–Crippen LogP) is 13.4. The maximum atomic E-state index is 6.64. The molecule has 0 aliphatic heterocycles. The highest BCUT2D eigenvalue weighted by atomic mass is 32.1. The van der Waals surface area contributed by atoms with Crippen molar-refractivity contribution in [3.8, 4) is 11.1 Å². The van der Waals surface area contributed by atoms with Crippen molar-refractivity contribution in [2.45, 2.75) is 0 Å². The Hall–Kier alpha value is -5.90. The van der Waals surface area contributed by atoms with Crippen LogP contribution in [0.2, 0.25) is 0 Å². The summed E-state index contributed by atoms with van der Waals surface area (Å²) < 4.78 is 9.16. The summed E-state index contributed by atoms with van der Waals surface area (Å²) in [6.07, 6.45) is 0. The number of furan rings is 1. The Balaban J connectivity index is 1.23. The van der Waals surface area contributed by atoms with Crippen molar-refractivity contribution in [2.24, 2.45) is 0 Å². The van der Waals surface area contributed by atoms with Gasteiger partial charge in [0.15, 0.2) is 0 Å². The Kier molecular flexibility index (Phi) is 5.78. The maximum absolute atomic E-state index is 6.64. The number of fused-ring (bicyclic) bond motifs is 10. The van der Waals surface area contributed by atoms with Gasteiger partial charge in [0.2, 0.25) is 0 Å². The van der Waals surface area contributed by atoms with E-state index in [4.69, 9.17) is 4.42 Å². The molecule has 220 valence electrons. The summed E-state index contributed by atoms with van der Waals surface area (Å²) in [5.74, 6) is 0. The molecule has 10 rings (SSSR count). The minimum atomic E-state index is 0.920. The lowest BCUT2D eigenvalue weighted by Gasteiger charge is -2.26. The van der Waals surface area contributed by atoms with Crippen LogP contribution < -0.4 is 4.90 Å². The smallest absolute Gasteiger partial charge is 0.143 e. The van der Waals surface area contributed by atoms with E-state index >= 15 is 0 Å². The van der Waals surface area contributed by atoms with Crippen LogP contribution in [0.1, 0.15) is 0 Å². The highest BCUT2D eigenvalue weighted by Gasteiger charge is 2.22. The molecule has 8 aromatic carbocycles. The molecule has 0 saturated carbocycles. The fourth-order valence-electron chi connectivity index (χ4n) is 7.34. The first-order valence-corrected chi connectivity index (χ1v) is 16.7. The topological polar surface area (TPSA) is 16.4 Å². The van der Waals surface area contributed by atoms with E-state index in [0.717, 1.165) is 39.0 Å². The SMILES string of the molecule is c1ccc(N(c2ccc(-c3cccc4ccccc34)cc2)c2cccc3sc4ccc5oc6c7ccccc7ccc6c5c4c23)cc1. The average molecular weight is 618 g/mol. The highest BCUT2D eigenvalue weighted by Crippen LogP contribution is 2.49. The highest BCUT2D eigenvalue weighted by molar-refractivity contribution is 7.26. The number of thiophene rings is 1. The Morgan fingerprint density at radius 2 is 1.11 bits per heavy atom. The van der Waals surface area contributed by atoms with Gasteiger partial charge in [-0.05, 0) is 81.9 Å². The molecule has 0 fully saturated rings. The van der Waals surface area contributed by atoms with E-state index in [-0.39, 0.29) is 0 Å². The molecule has 0 amide bonds. The van der Waals surface area contributed by atoms with Crippen LogP contribution >= 0.6 is 11.3 Å². The molecule has 0 bridgehead atoms. The fraction of sp³-hybridized carbons (Fsp3) is 0. The maximum Gasteiger partial charge on any atom is 0.143 e. The van der Waals surface area contributed by atoms with Gasteiger partial charge < -0.3 is 9.32 Å². The normalized spacial score (nSPS) is 11.8. The van der Waals surface area contributed by atoms with E-state index < -0.39 is 0 Å². The second kappa shape index (κ2) is 10.3. The summed E-state index contributed by atoms with van der Waals surface area (Å²) >= 11 is 1.85. The van der Waals surface area contributed by atoms with Gasteiger partial charge in [-0.1, -0.05) is 109 Å². The number of hydrogen-bond acceptors (Lipinski definition) is 3. The second-order valence-electron chi connectivity index (χ2n) is 12.1. The number of rotatable bonds is 4. The number of anilines is 3. The van der Waals surface area contributed by atoms with Gasteiger partial charge in [0.05, 0.1) is 5.69 Å². The van der Waals surface area contributed by atoms with Crippen molar-refractivity contribution >= 4 is 92.1 Å². The van der Waals surface area contributed by atoms with E-state index in [9.17, 15) is 0 Å². The molecule has 2 aromatic heterocycles. The summed E-state index contributed by atoms with van der Waals surface area (Å²) in [5, 5.41) is 9.69. The van der Waals surface area contributed by atoms with Gasteiger partial charge in [-0.25, -0.2) is 0 Å². The van der Waals surface area contributed by atoms with Gasteiger partial charge in [0.1, 0.15) is 11.2 Å². The summed E-state index contributed by atoms with van der Waals surface area (Å²) in [7, 11) is 0. The van der Waals surface area contributed by atoms with Gasteiger partial charge in [0.25, 0.3) is 0 Å². The molecule has 0 saturated heterocycles. The molecule has 3 heteroatoms. The first-order chi connectivity index (χ1) is 23.3. The van der Waals surface area contributed by atoms with Crippen molar-refractivity contribution in [3.63, 3.8) is 0 Å². The summed E-state index contributed by atoms with van der Waals surface area (Å²) in [6.45, 7) is 0. The second-order valence-corrected chi connectivity index (χ2v) is 13.2. The van der Waals surface area contributed by atoms with E-state index in [1.165, 1.54) is 52.8 Å². The Labute approximate surface area is 275 Å². The van der Waals surface area contributed by atoms with Crippen molar-refractivity contribution < 1.29 is 4.42 Å². The number of hydrogen-bond donors (Lipinski definition) is 0. The van der Waals surface area contributed by atoms with E-state index in [0.29, 0.717) is 0 Å². The Morgan fingerprint density at radius 1 is 0.426 bits per heavy atom. The molecule has 47 heavy (non-hydrogen) atoms. The quantitative estimate of drug-likeness (QED) is 0.195. The standard InChI is InChI=1S/C44H27NOS/c1-2-13-31(14-3-1)45(32-23-20-30(21-24-32)34-17-8-12-28-10-4-6-15-33(28)34)37-18-9-19-39-42(37)43-40(47-39)27-26-38-41(43)36-25-22-29-11-5-7-16-35(29)44(36)46-38/h1-27H. The molecular formula is C44H27NOS. The fourth-order valence-corrected chi connectivity index (χ4v) is 8.48. The van der Waals surface area contributed by atoms with Crippen LogP contribution in [0.3, 0.4) is 0 Å². The molecule has 0 N–H and O–H groups in total. The minimum Gasteiger partial charge on any atom is -0.455 e. The Bertz CT molecular complexity index is 2790. The lowest BCUT2D eigenvalue weighted by atomic mass is 9.98.